The highest BCUT2D eigenvalue weighted by atomic mass is 16.5. The summed E-state index contributed by atoms with van der Waals surface area (Å²) in [7, 11) is 0. The molecule has 4 unspecified atom stereocenters. The van der Waals surface area contributed by atoms with Crippen molar-refractivity contribution in [2.45, 2.75) is 159 Å². The fourth-order valence-electron chi connectivity index (χ4n) is 6.28. The number of hydrogen-bond donors (Lipinski definition) is 0. The van der Waals surface area contributed by atoms with Crippen molar-refractivity contribution in [2.75, 3.05) is 6.61 Å². The van der Waals surface area contributed by atoms with Crippen molar-refractivity contribution in [3.63, 3.8) is 0 Å². The van der Waals surface area contributed by atoms with Crippen LogP contribution in [0.4, 0.5) is 0 Å². The highest BCUT2D eigenvalue weighted by Crippen LogP contribution is 2.36. The second-order valence-electron chi connectivity index (χ2n) is 15.4. The number of benzene rings is 2. The zero-order chi connectivity index (χ0) is 31.8. The van der Waals surface area contributed by atoms with Crippen molar-refractivity contribution >= 4 is 0 Å². The number of ether oxygens (including phenoxy) is 1. The molecule has 0 amide bonds. The standard InChI is InChI=1S/C16H26.C15H24.C10H20O/c1-3-4-5-6-7-8-9-10-16-13-11-15(2)12-14-16;1-12-7-9-13(10-8-12)15(5,6)11-14(2,3)4;1-5-7(2)10-9(4)8(3)6-11-10/h11-14H,3-10H2,1-2H3;7-10H,11H2,1-6H3;7-10H,5-6H2,1-4H3. The maximum atomic E-state index is 5.73. The molecule has 1 heterocycles. The molecule has 1 nitrogen and oxygen atoms in total. The second-order valence-corrected chi connectivity index (χ2v) is 15.4. The van der Waals surface area contributed by atoms with Crippen LogP contribution in [-0.4, -0.2) is 12.7 Å². The smallest absolute Gasteiger partial charge is 0.0629 e. The van der Waals surface area contributed by atoms with Gasteiger partial charge in [0.05, 0.1) is 6.10 Å². The van der Waals surface area contributed by atoms with Gasteiger partial charge in [-0.2, -0.15) is 0 Å². The van der Waals surface area contributed by atoms with Crippen molar-refractivity contribution in [2.24, 2.45) is 23.2 Å². The summed E-state index contributed by atoms with van der Waals surface area (Å²) in [5.41, 5.74) is 6.30. The Morgan fingerprint density at radius 1 is 0.738 bits per heavy atom. The molecule has 4 atom stereocenters. The Labute approximate surface area is 263 Å². The Morgan fingerprint density at radius 2 is 1.24 bits per heavy atom. The van der Waals surface area contributed by atoms with E-state index in [4.69, 9.17) is 4.74 Å². The molecule has 0 bridgehead atoms. The molecule has 0 spiro atoms. The van der Waals surface area contributed by atoms with Gasteiger partial charge in [-0.3, -0.25) is 0 Å². The molecule has 0 saturated carbocycles. The van der Waals surface area contributed by atoms with E-state index in [2.05, 4.69) is 132 Å². The molecule has 0 aromatic heterocycles. The van der Waals surface area contributed by atoms with E-state index in [-0.39, 0.29) is 5.41 Å². The maximum absolute atomic E-state index is 5.73. The molecule has 42 heavy (non-hydrogen) atoms. The predicted octanol–water partition coefficient (Wildman–Crippen LogP) is 12.7. The van der Waals surface area contributed by atoms with E-state index in [9.17, 15) is 0 Å². The van der Waals surface area contributed by atoms with Gasteiger partial charge in [0.1, 0.15) is 0 Å². The average Bonchev–Trinajstić information content (AvgIpc) is 3.26. The quantitative estimate of drug-likeness (QED) is 0.228. The Morgan fingerprint density at radius 3 is 1.69 bits per heavy atom. The highest BCUT2D eigenvalue weighted by Gasteiger charge is 2.33. The number of hydrogen-bond acceptors (Lipinski definition) is 1. The average molecular weight is 579 g/mol. The van der Waals surface area contributed by atoms with Crippen molar-refractivity contribution in [3.05, 3.63) is 70.8 Å². The van der Waals surface area contributed by atoms with Crippen molar-refractivity contribution in [1.82, 2.24) is 0 Å². The summed E-state index contributed by atoms with van der Waals surface area (Å²) in [5, 5.41) is 0. The van der Waals surface area contributed by atoms with Crippen LogP contribution in [-0.2, 0) is 16.6 Å². The lowest BCUT2D eigenvalue weighted by atomic mass is 9.72. The number of aryl methyl sites for hydroxylation is 3. The molecule has 0 radical (unpaired) electrons. The molecule has 1 fully saturated rings. The predicted molar refractivity (Wildman–Crippen MR) is 189 cm³/mol. The molecule has 1 heteroatoms. The van der Waals surface area contributed by atoms with Crippen molar-refractivity contribution < 1.29 is 4.74 Å². The zero-order valence-corrected chi connectivity index (χ0v) is 30.1. The zero-order valence-electron chi connectivity index (χ0n) is 30.1. The summed E-state index contributed by atoms with van der Waals surface area (Å²) in [4.78, 5) is 0. The van der Waals surface area contributed by atoms with Crippen LogP contribution in [0.25, 0.3) is 0 Å². The molecule has 2 aromatic rings. The van der Waals surface area contributed by atoms with Gasteiger partial charge in [-0.15, -0.1) is 0 Å². The molecule has 0 N–H and O–H groups in total. The largest absolute Gasteiger partial charge is 0.377 e. The van der Waals surface area contributed by atoms with Crippen LogP contribution in [0.15, 0.2) is 48.5 Å². The third kappa shape index (κ3) is 15.7. The Balaban J connectivity index is 0.000000320. The van der Waals surface area contributed by atoms with Gasteiger partial charge in [-0.05, 0) is 72.8 Å². The highest BCUT2D eigenvalue weighted by molar-refractivity contribution is 5.27. The molecule has 1 aliphatic rings. The fraction of sp³-hybridized carbons (Fsp3) is 0.707. The summed E-state index contributed by atoms with van der Waals surface area (Å²) in [6.07, 6.45) is 14.0. The Bertz CT molecular complexity index is 930. The van der Waals surface area contributed by atoms with Crippen molar-refractivity contribution in [1.29, 1.82) is 0 Å². The van der Waals surface area contributed by atoms with Gasteiger partial charge in [-0.1, -0.05) is 174 Å². The van der Waals surface area contributed by atoms with E-state index >= 15 is 0 Å². The van der Waals surface area contributed by atoms with E-state index in [1.165, 1.54) is 86.5 Å². The minimum absolute atomic E-state index is 0.270. The molecule has 240 valence electrons. The van der Waals surface area contributed by atoms with Crippen LogP contribution in [0, 0.1) is 37.0 Å². The lowest BCUT2D eigenvalue weighted by molar-refractivity contribution is 0.0499. The van der Waals surface area contributed by atoms with Crippen LogP contribution < -0.4 is 0 Å². The summed E-state index contributed by atoms with van der Waals surface area (Å²) < 4.78 is 5.73. The fourth-order valence-corrected chi connectivity index (χ4v) is 6.28. The van der Waals surface area contributed by atoms with Crippen LogP contribution in [0.1, 0.15) is 149 Å². The van der Waals surface area contributed by atoms with Gasteiger partial charge < -0.3 is 4.74 Å². The molecule has 2 aromatic carbocycles. The van der Waals surface area contributed by atoms with Gasteiger partial charge >= 0.3 is 0 Å². The SMILES string of the molecule is CCC(C)C1OCC(C)C1C.CCCCCCCCCc1ccc(C)cc1.Cc1ccc(C(C)(C)CC(C)(C)C)cc1. The summed E-state index contributed by atoms with van der Waals surface area (Å²) in [6.45, 7) is 28.3. The van der Waals surface area contributed by atoms with Gasteiger partial charge in [0.2, 0.25) is 0 Å². The minimum Gasteiger partial charge on any atom is -0.377 e. The van der Waals surface area contributed by atoms with Crippen molar-refractivity contribution in [3.8, 4) is 0 Å². The van der Waals surface area contributed by atoms with Crippen LogP contribution >= 0.6 is 0 Å². The van der Waals surface area contributed by atoms with E-state index in [0.29, 0.717) is 11.5 Å². The first kappa shape index (κ1) is 38.4. The number of rotatable bonds is 12. The first-order valence-electron chi connectivity index (χ1n) is 17.4. The van der Waals surface area contributed by atoms with Crippen LogP contribution in [0.2, 0.25) is 0 Å². The normalized spacial score (nSPS) is 19.4. The molecule has 0 aliphatic carbocycles. The van der Waals surface area contributed by atoms with E-state index in [1.54, 1.807) is 0 Å². The van der Waals surface area contributed by atoms with Gasteiger partial charge in [0.15, 0.2) is 0 Å². The summed E-state index contributed by atoms with van der Waals surface area (Å²) in [6, 6.07) is 17.9. The Kier molecular flexibility index (Phi) is 18.0. The molecule has 1 aliphatic heterocycles. The first-order valence-corrected chi connectivity index (χ1v) is 17.4. The van der Waals surface area contributed by atoms with Crippen LogP contribution in [0.3, 0.4) is 0 Å². The first-order chi connectivity index (χ1) is 19.7. The summed E-state index contributed by atoms with van der Waals surface area (Å²) >= 11 is 0. The van der Waals surface area contributed by atoms with E-state index in [1.807, 2.05) is 0 Å². The van der Waals surface area contributed by atoms with Gasteiger partial charge in [-0.25, -0.2) is 0 Å². The van der Waals surface area contributed by atoms with Crippen LogP contribution in [0.5, 0.6) is 0 Å². The lowest BCUT2D eigenvalue weighted by Gasteiger charge is -2.33. The van der Waals surface area contributed by atoms with Gasteiger partial charge in [0.25, 0.3) is 0 Å². The Hall–Kier alpha value is -1.60. The molecular formula is C41H70O. The number of unbranched alkanes of at least 4 members (excludes halogenated alkanes) is 6. The third-order valence-corrected chi connectivity index (χ3v) is 9.17. The summed E-state index contributed by atoms with van der Waals surface area (Å²) in [5.74, 6) is 2.24. The maximum Gasteiger partial charge on any atom is 0.0629 e. The minimum atomic E-state index is 0.270. The second kappa shape index (κ2) is 19.6. The van der Waals surface area contributed by atoms with E-state index in [0.717, 1.165) is 24.4 Å². The molecule has 3 rings (SSSR count). The van der Waals surface area contributed by atoms with Gasteiger partial charge in [0, 0.05) is 6.61 Å². The monoisotopic (exact) mass is 579 g/mol. The van der Waals surface area contributed by atoms with E-state index < -0.39 is 0 Å². The molecular weight excluding hydrogens is 508 g/mol. The topological polar surface area (TPSA) is 9.23 Å². The lowest BCUT2D eigenvalue weighted by Crippen LogP contribution is -2.24. The molecule has 1 saturated heterocycles. The third-order valence-electron chi connectivity index (χ3n) is 9.17.